The van der Waals surface area contributed by atoms with Crippen LogP contribution in [-0.2, 0) is 17.9 Å². The van der Waals surface area contributed by atoms with Gasteiger partial charge in [0, 0.05) is 20.2 Å². The summed E-state index contributed by atoms with van der Waals surface area (Å²) in [5, 5.41) is 6.99. The van der Waals surface area contributed by atoms with Crippen LogP contribution in [0.5, 0.6) is 5.75 Å². The van der Waals surface area contributed by atoms with Crippen LogP contribution >= 0.6 is 0 Å². The van der Waals surface area contributed by atoms with Crippen molar-refractivity contribution in [3.05, 3.63) is 41.5 Å². The fourth-order valence-corrected chi connectivity index (χ4v) is 1.65. The number of rotatable bonds is 8. The Kier molecular flexibility index (Phi) is 5.52. The second-order valence-electron chi connectivity index (χ2n) is 4.34. The molecule has 1 aromatic carbocycles. The third-order valence-corrected chi connectivity index (χ3v) is 2.67. The molecule has 0 bridgehead atoms. The van der Waals surface area contributed by atoms with Crippen molar-refractivity contribution in [2.24, 2.45) is 0 Å². The molecular formula is C14H19N3O3. The van der Waals surface area contributed by atoms with E-state index in [-0.39, 0.29) is 6.61 Å². The first kappa shape index (κ1) is 14.5. The molecule has 1 heterocycles. The zero-order chi connectivity index (χ0) is 14.2. The molecule has 0 aliphatic rings. The van der Waals surface area contributed by atoms with E-state index in [1.54, 1.807) is 14.0 Å². The number of hydrogen-bond donors (Lipinski definition) is 1. The normalized spacial score (nSPS) is 10.7. The molecule has 108 valence electrons. The maximum absolute atomic E-state index is 5.57. The van der Waals surface area contributed by atoms with Crippen LogP contribution < -0.4 is 10.1 Å². The molecule has 20 heavy (non-hydrogen) atoms. The van der Waals surface area contributed by atoms with E-state index in [0.29, 0.717) is 18.3 Å². The first-order chi connectivity index (χ1) is 9.78. The van der Waals surface area contributed by atoms with Gasteiger partial charge in [-0.3, -0.25) is 0 Å². The highest BCUT2D eigenvalue weighted by Gasteiger charge is 2.03. The van der Waals surface area contributed by atoms with Crippen molar-refractivity contribution in [2.45, 2.75) is 20.1 Å². The average molecular weight is 277 g/mol. The summed E-state index contributed by atoms with van der Waals surface area (Å²) in [6, 6.07) is 7.90. The van der Waals surface area contributed by atoms with Crippen molar-refractivity contribution < 1.29 is 14.0 Å². The van der Waals surface area contributed by atoms with Crippen LogP contribution in [0.1, 0.15) is 17.3 Å². The Morgan fingerprint density at radius 3 is 2.70 bits per heavy atom. The van der Waals surface area contributed by atoms with E-state index >= 15 is 0 Å². The number of nitrogens with zero attached hydrogens (tertiary/aromatic N) is 2. The van der Waals surface area contributed by atoms with E-state index < -0.39 is 0 Å². The lowest BCUT2D eigenvalue weighted by molar-refractivity contribution is 0.199. The van der Waals surface area contributed by atoms with Gasteiger partial charge in [-0.1, -0.05) is 17.3 Å². The van der Waals surface area contributed by atoms with Crippen LogP contribution in [0.25, 0.3) is 0 Å². The number of ether oxygens (including phenoxy) is 2. The molecule has 0 amide bonds. The topological polar surface area (TPSA) is 69.4 Å². The second-order valence-corrected chi connectivity index (χ2v) is 4.34. The maximum Gasteiger partial charge on any atom is 0.264 e. The van der Waals surface area contributed by atoms with Crippen molar-refractivity contribution in [3.63, 3.8) is 0 Å². The van der Waals surface area contributed by atoms with E-state index in [0.717, 1.165) is 18.8 Å². The molecule has 0 saturated heterocycles. The first-order valence-electron chi connectivity index (χ1n) is 6.48. The monoisotopic (exact) mass is 277 g/mol. The molecule has 1 aromatic heterocycles. The van der Waals surface area contributed by atoms with Crippen LogP contribution in [-0.4, -0.2) is 30.4 Å². The lowest BCUT2D eigenvalue weighted by atomic mass is 10.2. The van der Waals surface area contributed by atoms with Crippen LogP contribution in [0.3, 0.4) is 0 Å². The molecule has 0 fully saturated rings. The van der Waals surface area contributed by atoms with Crippen molar-refractivity contribution in [1.82, 2.24) is 15.5 Å². The fourth-order valence-electron chi connectivity index (χ4n) is 1.65. The molecule has 6 heteroatoms. The maximum atomic E-state index is 5.57. The summed E-state index contributed by atoms with van der Waals surface area (Å²) in [5.74, 6) is 1.87. The molecule has 0 radical (unpaired) electrons. The van der Waals surface area contributed by atoms with Crippen molar-refractivity contribution in [2.75, 3.05) is 20.3 Å². The van der Waals surface area contributed by atoms with E-state index in [1.165, 1.54) is 5.56 Å². The molecule has 1 N–H and O–H groups in total. The Morgan fingerprint density at radius 1 is 1.25 bits per heavy atom. The highest BCUT2D eigenvalue weighted by atomic mass is 16.5. The highest BCUT2D eigenvalue weighted by molar-refractivity contribution is 5.27. The van der Waals surface area contributed by atoms with Gasteiger partial charge in [0.1, 0.15) is 5.75 Å². The summed E-state index contributed by atoms with van der Waals surface area (Å²) < 4.78 is 15.5. The second kappa shape index (κ2) is 7.62. The van der Waals surface area contributed by atoms with Crippen molar-refractivity contribution >= 4 is 0 Å². The van der Waals surface area contributed by atoms with E-state index in [1.807, 2.05) is 24.3 Å². The van der Waals surface area contributed by atoms with Crippen LogP contribution in [0.4, 0.5) is 0 Å². The minimum absolute atomic E-state index is 0.284. The Morgan fingerprint density at radius 2 is 2.05 bits per heavy atom. The summed E-state index contributed by atoms with van der Waals surface area (Å²) in [7, 11) is 1.69. The quantitative estimate of drug-likeness (QED) is 0.741. The fraction of sp³-hybridized carbons (Fsp3) is 0.429. The van der Waals surface area contributed by atoms with Gasteiger partial charge in [0.2, 0.25) is 0 Å². The summed E-state index contributed by atoms with van der Waals surface area (Å²) in [6.45, 7) is 4.42. The molecule has 0 saturated carbocycles. The molecule has 6 nitrogen and oxygen atoms in total. The molecule has 0 unspecified atom stereocenters. The minimum atomic E-state index is 0.284. The van der Waals surface area contributed by atoms with Gasteiger partial charge in [0.25, 0.3) is 5.89 Å². The lowest BCUT2D eigenvalue weighted by Crippen LogP contribution is -2.18. The van der Waals surface area contributed by atoms with Crippen molar-refractivity contribution in [3.8, 4) is 5.75 Å². The third kappa shape index (κ3) is 4.64. The van der Waals surface area contributed by atoms with Gasteiger partial charge >= 0.3 is 0 Å². The SMILES string of the molecule is COCCNCc1ccc(OCc2nc(C)no2)cc1. The number of hydrogen-bond acceptors (Lipinski definition) is 6. The minimum Gasteiger partial charge on any atom is -0.484 e. The molecule has 2 aromatic rings. The van der Waals surface area contributed by atoms with E-state index in [4.69, 9.17) is 14.0 Å². The largest absolute Gasteiger partial charge is 0.484 e. The molecule has 0 atom stereocenters. The predicted octanol–water partition coefficient (Wildman–Crippen LogP) is 1.69. The first-order valence-corrected chi connectivity index (χ1v) is 6.48. The van der Waals surface area contributed by atoms with Gasteiger partial charge in [-0.05, 0) is 24.6 Å². The lowest BCUT2D eigenvalue weighted by Gasteiger charge is -2.06. The van der Waals surface area contributed by atoms with Gasteiger partial charge in [-0.15, -0.1) is 0 Å². The standard InChI is InChI=1S/C14H19N3O3/c1-11-16-14(20-17-11)10-19-13-5-3-12(4-6-13)9-15-7-8-18-2/h3-6,15H,7-10H2,1-2H3. The van der Waals surface area contributed by atoms with Crippen LogP contribution in [0, 0.1) is 6.92 Å². The number of benzene rings is 1. The Hall–Kier alpha value is -1.92. The summed E-state index contributed by atoms with van der Waals surface area (Å²) >= 11 is 0. The molecule has 0 spiro atoms. The Bertz CT molecular complexity index is 511. The molecule has 0 aliphatic heterocycles. The summed E-state index contributed by atoms with van der Waals surface area (Å²) in [6.07, 6.45) is 0. The zero-order valence-electron chi connectivity index (χ0n) is 11.8. The summed E-state index contributed by atoms with van der Waals surface area (Å²) in [5.41, 5.74) is 1.20. The molecular weight excluding hydrogens is 258 g/mol. The molecule has 0 aliphatic carbocycles. The average Bonchev–Trinajstić information content (AvgIpc) is 2.88. The number of aromatic nitrogens is 2. The van der Waals surface area contributed by atoms with Crippen LogP contribution in [0.15, 0.2) is 28.8 Å². The van der Waals surface area contributed by atoms with Crippen LogP contribution in [0.2, 0.25) is 0 Å². The number of methoxy groups -OCH3 is 1. The number of nitrogens with one attached hydrogen (secondary N) is 1. The Balaban J connectivity index is 1.76. The molecule has 2 rings (SSSR count). The van der Waals surface area contributed by atoms with Gasteiger partial charge in [-0.2, -0.15) is 4.98 Å². The highest BCUT2D eigenvalue weighted by Crippen LogP contribution is 2.13. The van der Waals surface area contributed by atoms with Gasteiger partial charge in [0.05, 0.1) is 6.61 Å². The zero-order valence-corrected chi connectivity index (χ0v) is 11.8. The summed E-state index contributed by atoms with van der Waals surface area (Å²) in [4.78, 5) is 4.08. The van der Waals surface area contributed by atoms with Crippen molar-refractivity contribution in [1.29, 1.82) is 0 Å². The third-order valence-electron chi connectivity index (χ3n) is 2.67. The van der Waals surface area contributed by atoms with E-state index in [9.17, 15) is 0 Å². The van der Waals surface area contributed by atoms with Gasteiger partial charge in [-0.25, -0.2) is 0 Å². The Labute approximate surface area is 118 Å². The van der Waals surface area contributed by atoms with E-state index in [2.05, 4.69) is 15.5 Å². The smallest absolute Gasteiger partial charge is 0.264 e. The number of aryl methyl sites for hydroxylation is 1. The predicted molar refractivity (Wildman–Crippen MR) is 73.4 cm³/mol. The van der Waals surface area contributed by atoms with Gasteiger partial charge < -0.3 is 19.3 Å². The van der Waals surface area contributed by atoms with Gasteiger partial charge in [0.15, 0.2) is 12.4 Å².